The number of nitrogens with one attached hydrogen (secondary N) is 3. The van der Waals surface area contributed by atoms with Gasteiger partial charge >= 0.3 is 6.03 Å². The lowest BCUT2D eigenvalue weighted by Gasteiger charge is -2.14. The van der Waals surface area contributed by atoms with Gasteiger partial charge < -0.3 is 20.5 Å². The fourth-order valence-corrected chi connectivity index (χ4v) is 3.64. The van der Waals surface area contributed by atoms with Gasteiger partial charge in [0.15, 0.2) is 11.4 Å². The van der Waals surface area contributed by atoms with Crippen LogP contribution < -0.4 is 20.7 Å². The Morgan fingerprint density at radius 3 is 2.54 bits per heavy atom. The van der Waals surface area contributed by atoms with E-state index in [9.17, 15) is 19.1 Å². The molecular weight excluding hydrogens is 503 g/mol. The average molecular weight is 533 g/mol. The van der Waals surface area contributed by atoms with E-state index in [4.69, 9.17) is 4.74 Å². The molecule has 0 saturated carbocycles. The minimum Gasteiger partial charge on any atom is -0.455 e. The van der Waals surface area contributed by atoms with Crippen LogP contribution in [0, 0.1) is 5.82 Å². The van der Waals surface area contributed by atoms with Gasteiger partial charge in [-0.3, -0.25) is 10.1 Å². The molecule has 202 valence electrons. The third-order valence-electron chi connectivity index (χ3n) is 5.69. The van der Waals surface area contributed by atoms with E-state index in [-0.39, 0.29) is 34.9 Å². The standard InChI is InChI=1S/C28H29FN6O4/c1-28(2,3)23-15-24(35(34-23)18-8-5-7-17(13-18)16-36)33-27(38)32-21-11-10-19(14-20(21)29)39-22-9-6-12-31-25(22)26(37)30-4/h5-15,36H,16H2,1-4H3,(H,30,37)(H2,32,33,38). The number of urea groups is 1. The Hall–Kier alpha value is -4.77. The predicted molar refractivity (Wildman–Crippen MR) is 145 cm³/mol. The van der Waals surface area contributed by atoms with Gasteiger partial charge in [0.05, 0.1) is 23.7 Å². The van der Waals surface area contributed by atoms with Gasteiger partial charge in [0, 0.05) is 30.8 Å². The number of amides is 3. The van der Waals surface area contributed by atoms with Crippen molar-refractivity contribution in [3.8, 4) is 17.2 Å². The van der Waals surface area contributed by atoms with Crippen molar-refractivity contribution in [3.05, 3.63) is 89.6 Å². The van der Waals surface area contributed by atoms with Crippen LogP contribution in [-0.4, -0.2) is 38.9 Å². The molecule has 4 rings (SSSR count). The van der Waals surface area contributed by atoms with Crippen molar-refractivity contribution in [1.29, 1.82) is 0 Å². The van der Waals surface area contributed by atoms with Crippen molar-refractivity contribution < 1.29 is 23.8 Å². The van der Waals surface area contributed by atoms with Crippen molar-refractivity contribution in [1.82, 2.24) is 20.1 Å². The Labute approximate surface area is 224 Å². The molecule has 0 spiro atoms. The largest absolute Gasteiger partial charge is 0.455 e. The molecule has 0 unspecified atom stereocenters. The summed E-state index contributed by atoms with van der Waals surface area (Å²) in [7, 11) is 1.47. The minimum atomic E-state index is -0.743. The van der Waals surface area contributed by atoms with Crippen LogP contribution in [0.2, 0.25) is 0 Å². The summed E-state index contributed by atoms with van der Waals surface area (Å²) in [5, 5.41) is 21.9. The molecule has 0 radical (unpaired) electrons. The number of carbonyl (C=O) groups is 2. The fourth-order valence-electron chi connectivity index (χ4n) is 3.64. The van der Waals surface area contributed by atoms with E-state index in [1.165, 1.54) is 25.4 Å². The highest BCUT2D eigenvalue weighted by Crippen LogP contribution is 2.29. The molecule has 2 aromatic heterocycles. The smallest absolute Gasteiger partial charge is 0.324 e. The van der Waals surface area contributed by atoms with Crippen LogP contribution in [0.5, 0.6) is 11.5 Å². The number of rotatable bonds is 7. The van der Waals surface area contributed by atoms with Crippen molar-refractivity contribution in [2.75, 3.05) is 17.7 Å². The molecular formula is C28H29FN6O4. The number of halogens is 1. The first-order valence-electron chi connectivity index (χ1n) is 12.1. The molecule has 10 nitrogen and oxygen atoms in total. The number of carbonyl (C=O) groups excluding carboxylic acids is 2. The average Bonchev–Trinajstić information content (AvgIpc) is 3.34. The molecule has 0 fully saturated rings. The first-order valence-corrected chi connectivity index (χ1v) is 12.1. The predicted octanol–water partition coefficient (Wildman–Crippen LogP) is 4.99. The Morgan fingerprint density at radius 1 is 1.05 bits per heavy atom. The normalized spacial score (nSPS) is 11.1. The Bertz CT molecular complexity index is 1510. The second-order valence-corrected chi connectivity index (χ2v) is 9.66. The van der Waals surface area contributed by atoms with Gasteiger partial charge in [-0.1, -0.05) is 32.9 Å². The zero-order chi connectivity index (χ0) is 28.2. The first kappa shape index (κ1) is 27.3. The number of nitrogens with zero attached hydrogens (tertiary/aromatic N) is 3. The number of aliphatic hydroxyl groups excluding tert-OH is 1. The molecule has 39 heavy (non-hydrogen) atoms. The van der Waals surface area contributed by atoms with Gasteiger partial charge in [0.2, 0.25) is 0 Å². The molecule has 0 aliphatic carbocycles. The lowest BCUT2D eigenvalue weighted by atomic mass is 9.92. The summed E-state index contributed by atoms with van der Waals surface area (Å²) in [5.41, 5.74) is 1.73. The maximum atomic E-state index is 14.9. The topological polar surface area (TPSA) is 130 Å². The number of pyridine rings is 1. The lowest BCUT2D eigenvalue weighted by Crippen LogP contribution is -2.22. The first-order chi connectivity index (χ1) is 18.6. The van der Waals surface area contributed by atoms with Crippen LogP contribution in [-0.2, 0) is 12.0 Å². The Kier molecular flexibility index (Phi) is 7.91. The summed E-state index contributed by atoms with van der Waals surface area (Å²) in [6.45, 7) is 5.85. The second kappa shape index (κ2) is 11.3. The quantitative estimate of drug-likeness (QED) is 0.265. The van der Waals surface area contributed by atoms with Crippen LogP contribution in [0.1, 0.15) is 42.5 Å². The van der Waals surface area contributed by atoms with Crippen LogP contribution in [0.4, 0.5) is 20.7 Å². The van der Waals surface area contributed by atoms with E-state index in [2.05, 4.69) is 26.0 Å². The Morgan fingerprint density at radius 2 is 1.85 bits per heavy atom. The van der Waals surface area contributed by atoms with E-state index in [1.807, 2.05) is 20.8 Å². The number of ether oxygens (including phenoxy) is 1. The fraction of sp³-hybridized carbons (Fsp3) is 0.214. The summed E-state index contributed by atoms with van der Waals surface area (Å²) in [4.78, 5) is 28.9. The molecule has 0 bridgehead atoms. The molecule has 0 saturated heterocycles. The zero-order valence-electron chi connectivity index (χ0n) is 21.9. The third-order valence-corrected chi connectivity index (χ3v) is 5.69. The molecule has 0 aliphatic rings. The monoisotopic (exact) mass is 532 g/mol. The molecule has 0 atom stereocenters. The maximum Gasteiger partial charge on any atom is 0.324 e. The number of aliphatic hydroxyl groups is 1. The summed E-state index contributed by atoms with van der Waals surface area (Å²) >= 11 is 0. The van der Waals surface area contributed by atoms with Crippen LogP contribution >= 0.6 is 0 Å². The molecule has 4 aromatic rings. The van der Waals surface area contributed by atoms with E-state index in [0.717, 1.165) is 11.8 Å². The van der Waals surface area contributed by atoms with Crippen LogP contribution in [0.25, 0.3) is 5.69 Å². The minimum absolute atomic E-state index is 0.0535. The highest BCUT2D eigenvalue weighted by atomic mass is 19.1. The second-order valence-electron chi connectivity index (χ2n) is 9.66. The molecule has 3 amide bonds. The molecule has 11 heteroatoms. The van der Waals surface area contributed by atoms with Gasteiger partial charge in [0.25, 0.3) is 5.91 Å². The molecule has 2 heterocycles. The van der Waals surface area contributed by atoms with E-state index < -0.39 is 17.8 Å². The van der Waals surface area contributed by atoms with Crippen LogP contribution in [0.15, 0.2) is 66.9 Å². The van der Waals surface area contributed by atoms with Crippen molar-refractivity contribution >= 4 is 23.4 Å². The van der Waals surface area contributed by atoms with E-state index >= 15 is 0 Å². The highest BCUT2D eigenvalue weighted by Gasteiger charge is 2.22. The summed E-state index contributed by atoms with van der Waals surface area (Å²) in [5.74, 6) is -0.548. The molecule has 2 aromatic carbocycles. The zero-order valence-corrected chi connectivity index (χ0v) is 21.9. The van der Waals surface area contributed by atoms with E-state index in [0.29, 0.717) is 17.1 Å². The van der Waals surface area contributed by atoms with Gasteiger partial charge in [-0.2, -0.15) is 5.10 Å². The number of hydrogen-bond acceptors (Lipinski definition) is 6. The number of aromatic nitrogens is 3. The Balaban J connectivity index is 1.53. The summed E-state index contributed by atoms with van der Waals surface area (Å²) in [6.07, 6.45) is 1.45. The van der Waals surface area contributed by atoms with Gasteiger partial charge in [-0.05, 0) is 42.0 Å². The maximum absolute atomic E-state index is 14.9. The number of anilines is 2. The lowest BCUT2D eigenvalue weighted by molar-refractivity contribution is 0.0955. The van der Waals surface area contributed by atoms with Crippen LogP contribution in [0.3, 0.4) is 0 Å². The molecule has 4 N–H and O–H groups in total. The van der Waals surface area contributed by atoms with Gasteiger partial charge in [-0.15, -0.1) is 0 Å². The number of hydrogen-bond donors (Lipinski definition) is 4. The molecule has 0 aliphatic heterocycles. The SMILES string of the molecule is CNC(=O)c1ncccc1Oc1ccc(NC(=O)Nc2cc(C(C)(C)C)nn2-c2cccc(CO)c2)c(F)c1. The van der Waals surface area contributed by atoms with E-state index in [1.54, 1.807) is 47.1 Å². The van der Waals surface area contributed by atoms with Gasteiger partial charge in [-0.25, -0.2) is 18.9 Å². The summed E-state index contributed by atoms with van der Waals surface area (Å²) in [6, 6.07) is 15.2. The third kappa shape index (κ3) is 6.39. The van der Waals surface area contributed by atoms with Crippen molar-refractivity contribution in [3.63, 3.8) is 0 Å². The number of benzene rings is 2. The van der Waals surface area contributed by atoms with Gasteiger partial charge in [0.1, 0.15) is 17.4 Å². The van der Waals surface area contributed by atoms with Crippen molar-refractivity contribution in [2.45, 2.75) is 32.8 Å². The van der Waals surface area contributed by atoms with Crippen molar-refractivity contribution in [2.24, 2.45) is 0 Å². The summed E-state index contributed by atoms with van der Waals surface area (Å²) < 4.78 is 22.1. The highest BCUT2D eigenvalue weighted by molar-refractivity contribution is 5.99.